The number of nitrogens with zero attached hydrogens (tertiary/aromatic N) is 1. The lowest BCUT2D eigenvalue weighted by atomic mass is 9.80. The molecule has 0 atom stereocenters. The van der Waals surface area contributed by atoms with Crippen LogP contribution in [0, 0.1) is 0 Å². The molecular weight excluding hydrogens is 402 g/mol. The van der Waals surface area contributed by atoms with Gasteiger partial charge in [-0.2, -0.15) is 0 Å². The Morgan fingerprint density at radius 3 is 2.59 bits per heavy atom. The predicted octanol–water partition coefficient (Wildman–Crippen LogP) is 4.41. The summed E-state index contributed by atoms with van der Waals surface area (Å²) < 4.78 is 5.77. The molecule has 0 saturated heterocycles. The summed E-state index contributed by atoms with van der Waals surface area (Å²) in [5.74, 6) is 0.456. The number of benzene rings is 1. The van der Waals surface area contributed by atoms with Crippen molar-refractivity contribution < 1.29 is 14.3 Å². The molecule has 3 rings (SSSR count). The van der Waals surface area contributed by atoms with Gasteiger partial charge >= 0.3 is 0 Å². The van der Waals surface area contributed by atoms with Crippen molar-refractivity contribution in [1.29, 1.82) is 0 Å². The van der Waals surface area contributed by atoms with Crippen molar-refractivity contribution in [1.82, 2.24) is 15.6 Å². The van der Waals surface area contributed by atoms with Gasteiger partial charge in [-0.25, -0.2) is 0 Å². The highest BCUT2D eigenvalue weighted by atomic mass is 16.5. The zero-order valence-electron chi connectivity index (χ0n) is 18.8. The molecule has 32 heavy (non-hydrogen) atoms. The molecule has 1 aliphatic rings. The second-order valence-corrected chi connectivity index (χ2v) is 8.29. The average molecular weight is 436 g/mol. The lowest BCUT2D eigenvalue weighted by Crippen LogP contribution is -2.59. The Morgan fingerprint density at radius 2 is 1.91 bits per heavy atom. The van der Waals surface area contributed by atoms with Crippen LogP contribution in [0.3, 0.4) is 0 Å². The molecule has 1 fully saturated rings. The molecule has 1 saturated carbocycles. The molecule has 0 aliphatic heterocycles. The first-order valence-corrected chi connectivity index (χ1v) is 11.5. The summed E-state index contributed by atoms with van der Waals surface area (Å²) >= 11 is 0. The zero-order valence-corrected chi connectivity index (χ0v) is 18.8. The third-order valence-corrected chi connectivity index (χ3v) is 5.76. The minimum absolute atomic E-state index is 0.0532. The molecule has 2 aromatic rings. The normalized spacial score (nSPS) is 15.3. The highest BCUT2D eigenvalue weighted by Crippen LogP contribution is 2.28. The van der Waals surface area contributed by atoms with E-state index in [1.54, 1.807) is 18.5 Å². The highest BCUT2D eigenvalue weighted by molar-refractivity contribution is 5.97. The minimum Gasteiger partial charge on any atom is -0.489 e. The maximum absolute atomic E-state index is 12.8. The van der Waals surface area contributed by atoms with Crippen LogP contribution in [0.1, 0.15) is 63.0 Å². The van der Waals surface area contributed by atoms with Crippen LogP contribution in [0.5, 0.6) is 5.75 Å². The zero-order chi connectivity index (χ0) is 22.7. The number of unbranched alkanes of at least 4 members (excludes halogenated alkanes) is 1. The second-order valence-electron chi connectivity index (χ2n) is 8.29. The van der Waals surface area contributed by atoms with Gasteiger partial charge in [-0.15, -0.1) is 0 Å². The Morgan fingerprint density at radius 1 is 1.12 bits per heavy atom. The van der Waals surface area contributed by atoms with Crippen molar-refractivity contribution in [2.75, 3.05) is 6.54 Å². The van der Waals surface area contributed by atoms with Crippen LogP contribution in [-0.4, -0.2) is 28.9 Å². The second kappa shape index (κ2) is 12.0. The topological polar surface area (TPSA) is 80.3 Å². The quantitative estimate of drug-likeness (QED) is 0.428. The van der Waals surface area contributed by atoms with Crippen LogP contribution in [0.15, 0.2) is 54.9 Å². The summed E-state index contributed by atoms with van der Waals surface area (Å²) in [6, 6.07) is 11.4. The first kappa shape index (κ1) is 23.5. The number of carbonyl (C=O) groups excluding carboxylic acids is 2. The summed E-state index contributed by atoms with van der Waals surface area (Å²) in [5.41, 5.74) is 1.10. The van der Waals surface area contributed by atoms with Crippen LogP contribution in [-0.2, 0) is 16.2 Å². The molecule has 0 unspecified atom stereocenters. The van der Waals surface area contributed by atoms with Gasteiger partial charge in [0.2, 0.25) is 11.8 Å². The number of carbonyl (C=O) groups is 2. The van der Waals surface area contributed by atoms with Gasteiger partial charge in [-0.3, -0.25) is 14.6 Å². The molecule has 0 spiro atoms. The van der Waals surface area contributed by atoms with Gasteiger partial charge in [0.1, 0.15) is 17.9 Å². The average Bonchev–Trinajstić information content (AvgIpc) is 2.83. The van der Waals surface area contributed by atoms with Gasteiger partial charge in [-0.1, -0.05) is 50.8 Å². The first-order valence-electron chi connectivity index (χ1n) is 11.5. The number of aromatic nitrogens is 1. The number of ether oxygens (including phenoxy) is 1. The van der Waals surface area contributed by atoms with Crippen molar-refractivity contribution in [3.63, 3.8) is 0 Å². The van der Waals surface area contributed by atoms with Crippen LogP contribution in [0.25, 0.3) is 6.08 Å². The third kappa shape index (κ3) is 6.94. The van der Waals surface area contributed by atoms with E-state index >= 15 is 0 Å². The van der Waals surface area contributed by atoms with E-state index in [9.17, 15) is 9.59 Å². The molecule has 170 valence electrons. The van der Waals surface area contributed by atoms with E-state index in [0.717, 1.165) is 49.0 Å². The van der Waals surface area contributed by atoms with Gasteiger partial charge in [0.05, 0.1) is 0 Å². The van der Waals surface area contributed by atoms with Gasteiger partial charge in [0.25, 0.3) is 0 Å². The van der Waals surface area contributed by atoms with E-state index in [4.69, 9.17) is 4.74 Å². The van der Waals surface area contributed by atoms with Gasteiger partial charge in [-0.05, 0) is 49.1 Å². The molecular formula is C26H33N3O3. The van der Waals surface area contributed by atoms with Crippen LogP contribution >= 0.6 is 0 Å². The summed E-state index contributed by atoms with van der Waals surface area (Å²) in [6.45, 7) is 3.19. The molecule has 1 aliphatic carbocycles. The summed E-state index contributed by atoms with van der Waals surface area (Å²) in [5, 5.41) is 6.02. The fourth-order valence-corrected chi connectivity index (χ4v) is 3.89. The standard InChI is InChI=1S/C26H33N3O3/c1-2-3-18-28-25(31)26(15-5-4-6-16-26)29-24(30)14-11-21-9-12-23(13-10-21)32-20-22-8-7-17-27-19-22/h7-14,17,19H,2-6,15-16,18,20H2,1H3,(H,28,31)(H,29,30). The lowest BCUT2D eigenvalue weighted by Gasteiger charge is -2.36. The lowest BCUT2D eigenvalue weighted by molar-refractivity contribution is -0.133. The van der Waals surface area contributed by atoms with Crippen molar-refractivity contribution in [3.8, 4) is 5.75 Å². The maximum Gasteiger partial charge on any atom is 0.245 e. The Kier molecular flexibility index (Phi) is 8.84. The Bertz CT molecular complexity index is 888. The first-order chi connectivity index (χ1) is 15.6. The Hall–Kier alpha value is -3.15. The molecule has 1 aromatic heterocycles. The highest BCUT2D eigenvalue weighted by Gasteiger charge is 2.40. The summed E-state index contributed by atoms with van der Waals surface area (Å²) in [4.78, 5) is 29.6. The van der Waals surface area contributed by atoms with Crippen LogP contribution in [0.2, 0.25) is 0 Å². The SMILES string of the molecule is CCCCNC(=O)C1(NC(=O)C=Cc2ccc(OCc3cccnc3)cc2)CCCCC1. The number of nitrogens with one attached hydrogen (secondary N) is 2. The molecule has 2 N–H and O–H groups in total. The summed E-state index contributed by atoms with van der Waals surface area (Å²) in [7, 11) is 0. The smallest absolute Gasteiger partial charge is 0.245 e. The van der Waals surface area contributed by atoms with Crippen molar-refractivity contribution in [3.05, 3.63) is 66.0 Å². The molecule has 1 heterocycles. The molecule has 1 aromatic carbocycles. The number of hydrogen-bond donors (Lipinski definition) is 2. The van der Waals surface area contributed by atoms with E-state index in [1.807, 2.05) is 36.4 Å². The fraction of sp³-hybridized carbons (Fsp3) is 0.423. The monoisotopic (exact) mass is 435 g/mol. The molecule has 6 nitrogen and oxygen atoms in total. The number of pyridine rings is 1. The molecule has 2 amide bonds. The van der Waals surface area contributed by atoms with E-state index in [1.165, 1.54) is 6.08 Å². The van der Waals surface area contributed by atoms with Gasteiger partial charge in [0.15, 0.2) is 0 Å². The molecule has 6 heteroatoms. The molecule has 0 radical (unpaired) electrons. The van der Waals surface area contributed by atoms with Crippen molar-refractivity contribution in [2.24, 2.45) is 0 Å². The summed E-state index contributed by atoms with van der Waals surface area (Å²) in [6.07, 6.45) is 13.1. The van der Waals surface area contributed by atoms with Gasteiger partial charge in [0, 0.05) is 30.6 Å². The maximum atomic E-state index is 12.8. The Labute approximate surface area is 190 Å². The van der Waals surface area contributed by atoms with E-state index in [0.29, 0.717) is 26.0 Å². The fourth-order valence-electron chi connectivity index (χ4n) is 3.89. The van der Waals surface area contributed by atoms with E-state index in [-0.39, 0.29) is 11.8 Å². The van der Waals surface area contributed by atoms with E-state index < -0.39 is 5.54 Å². The Balaban J connectivity index is 1.55. The molecule has 0 bridgehead atoms. The van der Waals surface area contributed by atoms with Gasteiger partial charge < -0.3 is 15.4 Å². The predicted molar refractivity (Wildman–Crippen MR) is 126 cm³/mol. The minimum atomic E-state index is -0.794. The largest absolute Gasteiger partial charge is 0.489 e. The van der Waals surface area contributed by atoms with E-state index in [2.05, 4.69) is 22.5 Å². The number of amides is 2. The third-order valence-electron chi connectivity index (χ3n) is 5.76. The van der Waals surface area contributed by atoms with Crippen LogP contribution in [0.4, 0.5) is 0 Å². The van der Waals surface area contributed by atoms with Crippen molar-refractivity contribution in [2.45, 2.75) is 64.0 Å². The number of rotatable bonds is 10. The van der Waals surface area contributed by atoms with Crippen LogP contribution < -0.4 is 15.4 Å². The van der Waals surface area contributed by atoms with Crippen molar-refractivity contribution >= 4 is 17.9 Å². The number of hydrogen-bond acceptors (Lipinski definition) is 4.